The lowest BCUT2D eigenvalue weighted by Crippen LogP contribution is -2.48. The number of nitrogens with zero attached hydrogens (tertiary/aromatic N) is 2. The monoisotopic (exact) mass is 315 g/mol. The number of carbonyl (C=O) groups excluding carboxylic acids is 2. The highest BCUT2D eigenvalue weighted by Gasteiger charge is 2.25. The van der Waals surface area contributed by atoms with Crippen molar-refractivity contribution in [2.45, 2.75) is 32.5 Å². The molecule has 0 spiro atoms. The lowest BCUT2D eigenvalue weighted by molar-refractivity contribution is -0.143. The van der Waals surface area contributed by atoms with Gasteiger partial charge in [0.2, 0.25) is 5.89 Å². The second kappa shape index (κ2) is 8.29. The Morgan fingerprint density at radius 2 is 2.14 bits per heavy atom. The van der Waals surface area contributed by atoms with Crippen LogP contribution in [-0.2, 0) is 16.1 Å². The van der Waals surface area contributed by atoms with Gasteiger partial charge < -0.3 is 30.7 Å². The average Bonchev–Trinajstić information content (AvgIpc) is 2.97. The van der Waals surface area contributed by atoms with Crippen molar-refractivity contribution in [3.8, 4) is 0 Å². The molecule has 124 valence electrons. The number of nitrogens with one attached hydrogen (secondary N) is 2. The molecule has 0 saturated carbocycles. The number of carbonyl (C=O) groups is 2. The number of esters is 1. The third kappa shape index (κ3) is 4.97. The first-order valence-electron chi connectivity index (χ1n) is 6.70. The van der Waals surface area contributed by atoms with Gasteiger partial charge in [-0.3, -0.25) is 0 Å². The molecule has 2 amide bonds. The molecule has 2 atom stereocenters. The van der Waals surface area contributed by atoms with E-state index >= 15 is 0 Å². The number of amides is 2. The number of methoxy groups -OCH3 is 1. The normalized spacial score (nSPS) is 13.5. The third-order valence-corrected chi connectivity index (χ3v) is 2.82. The summed E-state index contributed by atoms with van der Waals surface area (Å²) in [6.45, 7) is 3.20. The number of aliphatic hydroxyl groups is 1. The zero-order valence-corrected chi connectivity index (χ0v) is 12.7. The van der Waals surface area contributed by atoms with E-state index < -0.39 is 24.1 Å². The average molecular weight is 315 g/mol. The van der Waals surface area contributed by atoms with E-state index in [2.05, 4.69) is 25.5 Å². The molecule has 0 aromatic carbocycles. The summed E-state index contributed by atoms with van der Waals surface area (Å²) in [6, 6.07) is -2.07. The van der Waals surface area contributed by atoms with E-state index in [0.717, 1.165) is 0 Å². The van der Waals surface area contributed by atoms with Gasteiger partial charge >= 0.3 is 12.0 Å². The fraction of sp³-hybridized carbons (Fsp3) is 0.667. The number of aromatic nitrogens is 2. The van der Waals surface area contributed by atoms with E-state index in [1.807, 2.05) is 0 Å². The van der Waals surface area contributed by atoms with Crippen molar-refractivity contribution in [3.63, 3.8) is 0 Å². The zero-order chi connectivity index (χ0) is 16.7. The molecule has 0 aliphatic carbocycles. The molecule has 0 aliphatic heterocycles. The van der Waals surface area contributed by atoms with Crippen molar-refractivity contribution in [2.24, 2.45) is 11.7 Å². The van der Waals surface area contributed by atoms with Crippen LogP contribution < -0.4 is 16.4 Å². The van der Waals surface area contributed by atoms with Gasteiger partial charge in [0.15, 0.2) is 5.82 Å². The Morgan fingerprint density at radius 1 is 1.45 bits per heavy atom. The van der Waals surface area contributed by atoms with E-state index in [9.17, 15) is 9.59 Å². The van der Waals surface area contributed by atoms with Gasteiger partial charge in [0.1, 0.15) is 6.04 Å². The molecule has 10 heteroatoms. The van der Waals surface area contributed by atoms with Crippen molar-refractivity contribution in [3.05, 3.63) is 11.7 Å². The molecule has 0 bridgehead atoms. The van der Waals surface area contributed by atoms with Crippen LogP contribution >= 0.6 is 0 Å². The van der Waals surface area contributed by atoms with Crippen LogP contribution in [0.15, 0.2) is 4.52 Å². The molecular formula is C12H21N5O5. The summed E-state index contributed by atoms with van der Waals surface area (Å²) in [6.07, 6.45) is 0. The lowest BCUT2D eigenvalue weighted by Gasteiger charge is -2.19. The van der Waals surface area contributed by atoms with Crippen LogP contribution in [0, 0.1) is 5.92 Å². The van der Waals surface area contributed by atoms with E-state index in [4.69, 9.17) is 15.4 Å². The van der Waals surface area contributed by atoms with Crippen LogP contribution in [-0.4, -0.2) is 47.0 Å². The first-order valence-corrected chi connectivity index (χ1v) is 6.70. The largest absolute Gasteiger partial charge is 0.467 e. The number of hydrogen-bond donors (Lipinski definition) is 4. The number of rotatable bonds is 7. The molecular weight excluding hydrogens is 294 g/mol. The Labute approximate surface area is 127 Å². The fourth-order valence-electron chi connectivity index (χ4n) is 1.54. The van der Waals surface area contributed by atoms with E-state index in [0.29, 0.717) is 0 Å². The fourth-order valence-corrected chi connectivity index (χ4v) is 1.54. The second-order valence-corrected chi connectivity index (χ2v) is 4.91. The first kappa shape index (κ1) is 17.9. The topological polar surface area (TPSA) is 153 Å². The van der Waals surface area contributed by atoms with Crippen LogP contribution in [0.25, 0.3) is 0 Å². The smallest absolute Gasteiger partial charge is 0.328 e. The summed E-state index contributed by atoms with van der Waals surface area (Å²) >= 11 is 0. The van der Waals surface area contributed by atoms with Crippen LogP contribution in [0.3, 0.4) is 0 Å². The number of ether oxygens (including phenoxy) is 1. The molecule has 0 unspecified atom stereocenters. The van der Waals surface area contributed by atoms with Crippen molar-refractivity contribution < 1.29 is 24.0 Å². The SMILES string of the molecule is COC(=O)[C@@H](NC(=O)NCc1nc([C@@H](N)CO)no1)C(C)C. The molecule has 1 aromatic rings. The van der Waals surface area contributed by atoms with Crippen LogP contribution in [0.1, 0.15) is 31.6 Å². The molecule has 5 N–H and O–H groups in total. The number of hydrogen-bond acceptors (Lipinski definition) is 8. The molecule has 1 rings (SSSR count). The van der Waals surface area contributed by atoms with E-state index in [-0.39, 0.29) is 30.8 Å². The van der Waals surface area contributed by atoms with Gasteiger partial charge in [-0.05, 0) is 5.92 Å². The van der Waals surface area contributed by atoms with Crippen molar-refractivity contribution in [1.29, 1.82) is 0 Å². The van der Waals surface area contributed by atoms with Crippen molar-refractivity contribution in [1.82, 2.24) is 20.8 Å². The Bertz CT molecular complexity index is 504. The van der Waals surface area contributed by atoms with Gasteiger partial charge in [-0.1, -0.05) is 19.0 Å². The molecule has 0 saturated heterocycles. The van der Waals surface area contributed by atoms with Crippen molar-refractivity contribution in [2.75, 3.05) is 13.7 Å². The van der Waals surface area contributed by atoms with Gasteiger partial charge in [0, 0.05) is 0 Å². The van der Waals surface area contributed by atoms with E-state index in [1.54, 1.807) is 13.8 Å². The van der Waals surface area contributed by atoms with Crippen LogP contribution in [0.5, 0.6) is 0 Å². The Kier molecular flexibility index (Phi) is 6.73. The summed E-state index contributed by atoms with van der Waals surface area (Å²) in [5, 5.41) is 17.4. The number of nitrogens with two attached hydrogens (primary N) is 1. The summed E-state index contributed by atoms with van der Waals surface area (Å²) in [5.41, 5.74) is 5.53. The first-order chi connectivity index (χ1) is 10.4. The highest BCUT2D eigenvalue weighted by Crippen LogP contribution is 2.05. The Hall–Kier alpha value is -2.20. The molecule has 22 heavy (non-hydrogen) atoms. The minimum atomic E-state index is -0.758. The van der Waals surface area contributed by atoms with Gasteiger partial charge in [-0.25, -0.2) is 9.59 Å². The number of aliphatic hydroxyl groups excluding tert-OH is 1. The molecule has 0 aliphatic rings. The maximum absolute atomic E-state index is 11.8. The van der Waals surface area contributed by atoms with Gasteiger partial charge in [0.05, 0.1) is 26.3 Å². The Balaban J connectivity index is 2.51. The van der Waals surface area contributed by atoms with Gasteiger partial charge in [0.25, 0.3) is 0 Å². The van der Waals surface area contributed by atoms with Crippen LogP contribution in [0.4, 0.5) is 4.79 Å². The van der Waals surface area contributed by atoms with Gasteiger partial charge in [-0.2, -0.15) is 4.98 Å². The molecule has 0 radical (unpaired) electrons. The summed E-state index contributed by atoms with van der Waals surface area (Å²) in [4.78, 5) is 27.2. The molecule has 0 fully saturated rings. The minimum Gasteiger partial charge on any atom is -0.467 e. The van der Waals surface area contributed by atoms with Crippen molar-refractivity contribution >= 4 is 12.0 Å². The standard InChI is InChI=1S/C12H21N5O5/c1-6(2)9(11(19)21-3)16-12(20)14-4-8-15-10(17-22-8)7(13)5-18/h6-7,9,18H,4-5,13H2,1-3H3,(H2,14,16,20)/t7-,9-/m0/s1. The highest BCUT2D eigenvalue weighted by molar-refractivity contribution is 5.83. The maximum Gasteiger partial charge on any atom is 0.328 e. The summed E-state index contributed by atoms with van der Waals surface area (Å²) in [5.74, 6) is -0.377. The Morgan fingerprint density at radius 3 is 2.68 bits per heavy atom. The van der Waals surface area contributed by atoms with Crippen LogP contribution in [0.2, 0.25) is 0 Å². The third-order valence-electron chi connectivity index (χ3n) is 2.82. The van der Waals surface area contributed by atoms with E-state index in [1.165, 1.54) is 7.11 Å². The lowest BCUT2D eigenvalue weighted by atomic mass is 10.1. The second-order valence-electron chi connectivity index (χ2n) is 4.91. The molecule has 1 aromatic heterocycles. The highest BCUT2D eigenvalue weighted by atomic mass is 16.5. The maximum atomic E-state index is 11.8. The zero-order valence-electron chi connectivity index (χ0n) is 12.7. The molecule has 10 nitrogen and oxygen atoms in total. The summed E-state index contributed by atoms with van der Waals surface area (Å²) in [7, 11) is 1.25. The quantitative estimate of drug-likeness (QED) is 0.470. The predicted octanol–water partition coefficient (Wildman–Crippen LogP) is -0.941. The van der Waals surface area contributed by atoms with Gasteiger partial charge in [-0.15, -0.1) is 0 Å². The predicted molar refractivity (Wildman–Crippen MR) is 74.3 cm³/mol. The minimum absolute atomic E-state index is 0.0387. The number of urea groups is 1. The summed E-state index contributed by atoms with van der Waals surface area (Å²) < 4.78 is 9.49. The molecule has 1 heterocycles.